The number of aliphatic hydroxyl groups is 3. The molecule has 0 radical (unpaired) electrons. The molecule has 0 amide bonds. The molecule has 3 aromatic rings. The standard InChI is InChI=1S/C21H20O10/c1-8-18(26)19(27)20(28)21(29-8)30-10-5-13(24)17-14(25)7-15(31-16(17)6-10)9-2-3-11(22)12(23)4-9/h2-8,18-24,26-28H,1H3/t8-,18-,19-,20+,21-/m0/s1. The molecule has 6 N–H and O–H groups in total. The maximum Gasteiger partial charge on any atom is 0.229 e. The molecular formula is C21H20O10. The molecule has 2 aromatic carbocycles. The average Bonchev–Trinajstić information content (AvgIpc) is 2.71. The zero-order chi connectivity index (χ0) is 22.4. The van der Waals surface area contributed by atoms with Crippen LogP contribution in [-0.2, 0) is 4.74 Å². The second kappa shape index (κ2) is 7.75. The van der Waals surface area contributed by atoms with Crippen molar-refractivity contribution in [3.05, 3.63) is 46.6 Å². The molecule has 10 heteroatoms. The molecule has 1 aliphatic rings. The summed E-state index contributed by atoms with van der Waals surface area (Å²) < 4.78 is 16.6. The Hall–Kier alpha value is -3.31. The molecule has 4 rings (SSSR count). The molecule has 0 unspecified atom stereocenters. The molecule has 0 aliphatic carbocycles. The molecule has 10 nitrogen and oxygen atoms in total. The highest BCUT2D eigenvalue weighted by atomic mass is 16.7. The van der Waals surface area contributed by atoms with Crippen molar-refractivity contribution in [1.29, 1.82) is 0 Å². The van der Waals surface area contributed by atoms with E-state index in [1.54, 1.807) is 0 Å². The molecule has 164 valence electrons. The van der Waals surface area contributed by atoms with Crippen molar-refractivity contribution >= 4 is 11.0 Å². The first-order valence-electron chi connectivity index (χ1n) is 9.35. The summed E-state index contributed by atoms with van der Waals surface area (Å²) in [7, 11) is 0. The Morgan fingerprint density at radius 3 is 2.32 bits per heavy atom. The van der Waals surface area contributed by atoms with Gasteiger partial charge in [-0.1, -0.05) is 0 Å². The third kappa shape index (κ3) is 3.77. The van der Waals surface area contributed by atoms with Crippen molar-refractivity contribution in [2.45, 2.75) is 37.6 Å². The molecule has 1 fully saturated rings. The molecular weight excluding hydrogens is 412 g/mol. The third-order valence-corrected chi connectivity index (χ3v) is 5.10. The van der Waals surface area contributed by atoms with Gasteiger partial charge in [0.1, 0.15) is 46.5 Å². The monoisotopic (exact) mass is 432 g/mol. The highest BCUT2D eigenvalue weighted by Gasteiger charge is 2.43. The van der Waals surface area contributed by atoms with Gasteiger partial charge in [0.05, 0.1) is 6.10 Å². The highest BCUT2D eigenvalue weighted by molar-refractivity contribution is 5.86. The van der Waals surface area contributed by atoms with Gasteiger partial charge in [-0.15, -0.1) is 0 Å². The molecule has 1 aromatic heterocycles. The van der Waals surface area contributed by atoms with E-state index in [9.17, 15) is 35.4 Å². The number of phenolic OH excluding ortho intramolecular Hbond substituents is 3. The Kier molecular flexibility index (Phi) is 5.23. The fraction of sp³-hybridized carbons (Fsp3) is 0.286. The fourth-order valence-electron chi connectivity index (χ4n) is 3.38. The zero-order valence-corrected chi connectivity index (χ0v) is 16.2. The van der Waals surface area contributed by atoms with Crippen LogP contribution in [0.3, 0.4) is 0 Å². The molecule has 1 saturated heterocycles. The quantitative estimate of drug-likeness (QED) is 0.325. The lowest BCUT2D eigenvalue weighted by atomic mass is 10.00. The minimum Gasteiger partial charge on any atom is -0.507 e. The minimum absolute atomic E-state index is 0.0290. The number of fused-ring (bicyclic) bond motifs is 1. The van der Waals surface area contributed by atoms with Crippen LogP contribution >= 0.6 is 0 Å². The number of aliphatic hydroxyl groups excluding tert-OH is 3. The number of hydrogen-bond donors (Lipinski definition) is 6. The van der Waals surface area contributed by atoms with Crippen molar-refractivity contribution in [3.63, 3.8) is 0 Å². The summed E-state index contributed by atoms with van der Waals surface area (Å²) in [4.78, 5) is 12.5. The maximum atomic E-state index is 12.5. The van der Waals surface area contributed by atoms with Gasteiger partial charge in [0.2, 0.25) is 6.29 Å². The summed E-state index contributed by atoms with van der Waals surface area (Å²) in [6.07, 6.45) is -6.56. The van der Waals surface area contributed by atoms with Gasteiger partial charge in [0.15, 0.2) is 16.9 Å². The zero-order valence-electron chi connectivity index (χ0n) is 16.2. The Labute approximate surface area is 174 Å². The maximum absolute atomic E-state index is 12.5. The summed E-state index contributed by atoms with van der Waals surface area (Å²) in [6, 6.07) is 7.41. The second-order valence-corrected chi connectivity index (χ2v) is 7.29. The number of aromatic hydroxyl groups is 3. The second-order valence-electron chi connectivity index (χ2n) is 7.29. The van der Waals surface area contributed by atoms with E-state index in [4.69, 9.17) is 13.9 Å². The van der Waals surface area contributed by atoms with Crippen molar-refractivity contribution in [3.8, 4) is 34.3 Å². The summed E-state index contributed by atoms with van der Waals surface area (Å²) in [6.45, 7) is 1.49. The summed E-state index contributed by atoms with van der Waals surface area (Å²) in [5.74, 6) is -1.16. The number of ether oxygens (including phenoxy) is 2. The number of phenols is 3. The summed E-state index contributed by atoms with van der Waals surface area (Å²) in [5.41, 5.74) is -0.310. The van der Waals surface area contributed by atoms with Crippen LogP contribution in [0, 0.1) is 0 Å². The van der Waals surface area contributed by atoms with Gasteiger partial charge < -0.3 is 44.5 Å². The summed E-state index contributed by atoms with van der Waals surface area (Å²) in [5, 5.41) is 59.2. The third-order valence-electron chi connectivity index (χ3n) is 5.10. The van der Waals surface area contributed by atoms with E-state index < -0.39 is 47.6 Å². The topological polar surface area (TPSA) is 170 Å². The van der Waals surface area contributed by atoms with E-state index in [2.05, 4.69) is 0 Å². The lowest BCUT2D eigenvalue weighted by Crippen LogP contribution is -2.58. The van der Waals surface area contributed by atoms with Crippen LogP contribution in [0.5, 0.6) is 23.0 Å². The number of benzene rings is 2. The molecule has 2 heterocycles. The van der Waals surface area contributed by atoms with E-state index in [-0.39, 0.29) is 28.2 Å². The predicted molar refractivity (Wildman–Crippen MR) is 106 cm³/mol. The van der Waals surface area contributed by atoms with Gasteiger partial charge in [-0.2, -0.15) is 0 Å². The van der Waals surface area contributed by atoms with Gasteiger partial charge in [0.25, 0.3) is 0 Å². The van der Waals surface area contributed by atoms with Gasteiger partial charge in [0, 0.05) is 23.8 Å². The lowest BCUT2D eigenvalue weighted by Gasteiger charge is -2.38. The van der Waals surface area contributed by atoms with Crippen LogP contribution in [0.15, 0.2) is 45.6 Å². The molecule has 0 saturated carbocycles. The molecule has 5 atom stereocenters. The Balaban J connectivity index is 1.73. The summed E-state index contributed by atoms with van der Waals surface area (Å²) >= 11 is 0. The number of rotatable bonds is 3. The van der Waals surface area contributed by atoms with Crippen LogP contribution in [-0.4, -0.2) is 61.3 Å². The molecule has 0 bridgehead atoms. The minimum atomic E-state index is -1.57. The van der Waals surface area contributed by atoms with Crippen LogP contribution in [0.2, 0.25) is 0 Å². The van der Waals surface area contributed by atoms with E-state index in [0.29, 0.717) is 5.56 Å². The lowest BCUT2D eigenvalue weighted by molar-refractivity contribution is -0.268. The smallest absolute Gasteiger partial charge is 0.229 e. The number of hydrogen-bond acceptors (Lipinski definition) is 10. The van der Waals surface area contributed by atoms with Gasteiger partial charge in [-0.3, -0.25) is 4.79 Å². The van der Waals surface area contributed by atoms with Crippen LogP contribution in [0.4, 0.5) is 0 Å². The molecule has 0 spiro atoms. The van der Waals surface area contributed by atoms with Crippen LogP contribution < -0.4 is 10.2 Å². The largest absolute Gasteiger partial charge is 0.507 e. The van der Waals surface area contributed by atoms with Crippen molar-refractivity contribution in [1.82, 2.24) is 0 Å². The fourth-order valence-corrected chi connectivity index (χ4v) is 3.38. The Morgan fingerprint density at radius 1 is 0.871 bits per heavy atom. The van der Waals surface area contributed by atoms with Crippen molar-refractivity contribution in [2.75, 3.05) is 0 Å². The van der Waals surface area contributed by atoms with Crippen molar-refractivity contribution < 1.29 is 44.5 Å². The highest BCUT2D eigenvalue weighted by Crippen LogP contribution is 2.35. The first kappa shape index (κ1) is 20.9. The first-order valence-corrected chi connectivity index (χ1v) is 9.35. The van der Waals surface area contributed by atoms with Crippen LogP contribution in [0.1, 0.15) is 6.92 Å². The molecule has 31 heavy (non-hydrogen) atoms. The SMILES string of the molecule is C[C@@H]1O[C@@H](Oc2cc(O)c3c(=O)cc(-c4ccc(O)c(O)c4)oc3c2)[C@H](O)[C@@H](O)[C@H]1O. The van der Waals surface area contributed by atoms with Crippen molar-refractivity contribution in [2.24, 2.45) is 0 Å². The average molecular weight is 432 g/mol. The van der Waals surface area contributed by atoms with Gasteiger partial charge in [-0.25, -0.2) is 0 Å². The predicted octanol–water partition coefficient (Wildman–Crippen LogP) is 0.783. The molecule has 1 aliphatic heterocycles. The van der Waals surface area contributed by atoms with Gasteiger partial charge in [-0.05, 0) is 25.1 Å². The Morgan fingerprint density at radius 2 is 1.61 bits per heavy atom. The Bertz CT molecular complexity index is 1190. The van der Waals surface area contributed by atoms with E-state index in [0.717, 1.165) is 12.1 Å². The first-order chi connectivity index (χ1) is 14.7. The normalized spacial score (nSPS) is 26.1. The van der Waals surface area contributed by atoms with E-state index in [1.807, 2.05) is 0 Å². The van der Waals surface area contributed by atoms with Gasteiger partial charge >= 0.3 is 0 Å². The van der Waals surface area contributed by atoms with E-state index >= 15 is 0 Å². The van der Waals surface area contributed by atoms with Crippen LogP contribution in [0.25, 0.3) is 22.3 Å². The van der Waals surface area contributed by atoms with E-state index in [1.165, 1.54) is 31.2 Å².